The van der Waals surface area contributed by atoms with E-state index in [1.807, 2.05) is 54.7 Å². The minimum Gasteiger partial charge on any atom is -0.460 e. The maximum Gasteiger partial charge on any atom is 0.160 e. The third-order valence-electron chi connectivity index (χ3n) is 5.10. The van der Waals surface area contributed by atoms with Gasteiger partial charge in [0.15, 0.2) is 5.82 Å². The summed E-state index contributed by atoms with van der Waals surface area (Å²) in [4.78, 5) is 15.8. The van der Waals surface area contributed by atoms with Crippen LogP contribution >= 0.6 is 11.6 Å². The Morgan fingerprint density at radius 2 is 1.90 bits per heavy atom. The Kier molecular flexibility index (Phi) is 4.84. The molecule has 0 unspecified atom stereocenters. The molecule has 6 heteroatoms. The number of halogens is 1. The van der Waals surface area contributed by atoms with E-state index >= 15 is 0 Å². The molecular formula is C23H19ClN4O. The lowest BCUT2D eigenvalue weighted by molar-refractivity contribution is 0.224. The van der Waals surface area contributed by atoms with E-state index in [-0.39, 0.29) is 0 Å². The number of fused-ring (bicyclic) bond motifs is 1. The van der Waals surface area contributed by atoms with Crippen molar-refractivity contribution in [2.75, 3.05) is 6.54 Å². The zero-order chi connectivity index (χ0) is 19.6. The SMILES string of the molecule is Clc1ccc(-c2ccc(CN3CCc4nc(-c5cccnc5)ncc4C3)o2)cc1. The fourth-order valence-electron chi connectivity index (χ4n) is 3.60. The van der Waals surface area contributed by atoms with Crippen LogP contribution in [-0.4, -0.2) is 26.4 Å². The topological polar surface area (TPSA) is 55.1 Å². The quantitative estimate of drug-likeness (QED) is 0.480. The lowest BCUT2D eigenvalue weighted by Crippen LogP contribution is -2.30. The summed E-state index contributed by atoms with van der Waals surface area (Å²) in [6.07, 6.45) is 6.40. The number of hydrogen-bond acceptors (Lipinski definition) is 5. The summed E-state index contributed by atoms with van der Waals surface area (Å²) in [7, 11) is 0. The normalized spacial score (nSPS) is 14.0. The standard InChI is InChI=1S/C23H19ClN4O/c24-19-5-3-16(4-6-19)22-8-7-20(29-22)15-28-11-9-21-18(14-28)13-26-23(27-21)17-2-1-10-25-12-17/h1-8,10,12-13H,9,11,14-15H2. The second kappa shape index (κ2) is 7.78. The molecule has 0 spiro atoms. The molecule has 1 aromatic carbocycles. The first-order chi connectivity index (χ1) is 14.2. The predicted molar refractivity (Wildman–Crippen MR) is 112 cm³/mol. The fraction of sp³-hybridized carbons (Fsp3) is 0.174. The first kappa shape index (κ1) is 18.0. The summed E-state index contributed by atoms with van der Waals surface area (Å²) in [5, 5.41) is 0.724. The summed E-state index contributed by atoms with van der Waals surface area (Å²) in [6.45, 7) is 2.52. The second-order valence-corrected chi connectivity index (χ2v) is 7.58. The third kappa shape index (κ3) is 3.92. The molecule has 1 aliphatic rings. The zero-order valence-electron chi connectivity index (χ0n) is 15.8. The molecule has 29 heavy (non-hydrogen) atoms. The van der Waals surface area contributed by atoms with Gasteiger partial charge >= 0.3 is 0 Å². The molecule has 5 nitrogen and oxygen atoms in total. The van der Waals surface area contributed by atoms with E-state index in [4.69, 9.17) is 21.0 Å². The Morgan fingerprint density at radius 1 is 1.00 bits per heavy atom. The van der Waals surface area contributed by atoms with E-state index in [1.54, 1.807) is 12.4 Å². The number of pyridine rings is 1. The first-order valence-electron chi connectivity index (χ1n) is 9.57. The highest BCUT2D eigenvalue weighted by Gasteiger charge is 2.20. The molecule has 0 radical (unpaired) electrons. The second-order valence-electron chi connectivity index (χ2n) is 7.14. The van der Waals surface area contributed by atoms with Crippen LogP contribution in [-0.2, 0) is 19.5 Å². The number of benzene rings is 1. The van der Waals surface area contributed by atoms with Crippen LogP contribution in [0.5, 0.6) is 0 Å². The van der Waals surface area contributed by atoms with E-state index in [2.05, 4.69) is 14.9 Å². The summed E-state index contributed by atoms with van der Waals surface area (Å²) >= 11 is 5.97. The Hall–Kier alpha value is -3.02. The lowest BCUT2D eigenvalue weighted by atomic mass is 10.1. The van der Waals surface area contributed by atoms with Gasteiger partial charge in [-0.15, -0.1) is 0 Å². The Balaban J connectivity index is 1.29. The van der Waals surface area contributed by atoms with Gasteiger partial charge in [-0.25, -0.2) is 9.97 Å². The first-order valence-corrected chi connectivity index (χ1v) is 9.94. The molecule has 0 fully saturated rings. The van der Waals surface area contributed by atoms with Crippen molar-refractivity contribution in [1.82, 2.24) is 19.9 Å². The summed E-state index contributed by atoms with van der Waals surface area (Å²) < 4.78 is 6.05. The molecule has 0 bridgehead atoms. The van der Waals surface area contributed by atoms with Crippen LogP contribution in [0.1, 0.15) is 17.0 Å². The minimum atomic E-state index is 0.724. The van der Waals surface area contributed by atoms with Crippen molar-refractivity contribution < 1.29 is 4.42 Å². The van der Waals surface area contributed by atoms with Crippen LogP contribution in [0.25, 0.3) is 22.7 Å². The number of aromatic nitrogens is 3. The highest BCUT2D eigenvalue weighted by molar-refractivity contribution is 6.30. The molecule has 0 atom stereocenters. The van der Waals surface area contributed by atoms with Gasteiger partial charge in [-0.2, -0.15) is 0 Å². The zero-order valence-corrected chi connectivity index (χ0v) is 16.5. The van der Waals surface area contributed by atoms with E-state index in [0.717, 1.165) is 65.2 Å². The van der Waals surface area contributed by atoms with Crippen LogP contribution in [0.2, 0.25) is 5.02 Å². The van der Waals surface area contributed by atoms with Gasteiger partial charge in [0.1, 0.15) is 11.5 Å². The Bertz CT molecular complexity index is 1130. The maximum atomic E-state index is 6.05. The molecule has 0 amide bonds. The summed E-state index contributed by atoms with van der Waals surface area (Å²) in [5.41, 5.74) is 4.27. The monoisotopic (exact) mass is 402 g/mol. The van der Waals surface area contributed by atoms with Gasteiger partial charge in [-0.1, -0.05) is 11.6 Å². The van der Waals surface area contributed by atoms with Crippen LogP contribution in [0, 0.1) is 0 Å². The van der Waals surface area contributed by atoms with Crippen LogP contribution in [0.15, 0.2) is 71.5 Å². The van der Waals surface area contributed by atoms with Gasteiger partial charge in [0.05, 0.1) is 12.2 Å². The van der Waals surface area contributed by atoms with Gasteiger partial charge in [0.25, 0.3) is 0 Å². The van der Waals surface area contributed by atoms with E-state index < -0.39 is 0 Å². The van der Waals surface area contributed by atoms with E-state index in [9.17, 15) is 0 Å². The van der Waals surface area contributed by atoms with Crippen LogP contribution in [0.4, 0.5) is 0 Å². The van der Waals surface area contributed by atoms with E-state index in [1.165, 1.54) is 5.56 Å². The van der Waals surface area contributed by atoms with Crippen molar-refractivity contribution in [2.45, 2.75) is 19.5 Å². The van der Waals surface area contributed by atoms with Crippen LogP contribution in [0.3, 0.4) is 0 Å². The Labute approximate surface area is 174 Å². The Morgan fingerprint density at radius 3 is 2.72 bits per heavy atom. The van der Waals surface area contributed by atoms with Crippen LogP contribution < -0.4 is 0 Å². The molecule has 1 aliphatic heterocycles. The van der Waals surface area contributed by atoms with Crippen molar-refractivity contribution in [2.24, 2.45) is 0 Å². The number of furan rings is 1. The van der Waals surface area contributed by atoms with Gasteiger partial charge in [-0.3, -0.25) is 9.88 Å². The van der Waals surface area contributed by atoms with Gasteiger partial charge < -0.3 is 4.42 Å². The largest absolute Gasteiger partial charge is 0.460 e. The summed E-state index contributed by atoms with van der Waals surface area (Å²) in [6, 6.07) is 15.6. The van der Waals surface area contributed by atoms with Crippen molar-refractivity contribution in [3.63, 3.8) is 0 Å². The van der Waals surface area contributed by atoms with Crippen molar-refractivity contribution in [1.29, 1.82) is 0 Å². The summed E-state index contributed by atoms with van der Waals surface area (Å²) in [5.74, 6) is 2.55. The third-order valence-corrected chi connectivity index (χ3v) is 5.35. The molecule has 4 heterocycles. The molecule has 5 rings (SSSR count). The van der Waals surface area contributed by atoms with Gasteiger partial charge in [0, 0.05) is 59.8 Å². The maximum absolute atomic E-state index is 6.05. The molecule has 3 aromatic heterocycles. The smallest absolute Gasteiger partial charge is 0.160 e. The number of rotatable bonds is 4. The fourth-order valence-corrected chi connectivity index (χ4v) is 3.72. The lowest BCUT2D eigenvalue weighted by Gasteiger charge is -2.27. The predicted octanol–water partition coefficient (Wildman–Crippen LogP) is 5.01. The van der Waals surface area contributed by atoms with E-state index in [0.29, 0.717) is 0 Å². The molecule has 0 aliphatic carbocycles. The highest BCUT2D eigenvalue weighted by Crippen LogP contribution is 2.26. The molecule has 0 saturated carbocycles. The number of hydrogen-bond donors (Lipinski definition) is 0. The van der Waals surface area contributed by atoms with Gasteiger partial charge in [0.2, 0.25) is 0 Å². The molecule has 0 N–H and O–H groups in total. The molecule has 4 aromatic rings. The number of nitrogens with zero attached hydrogens (tertiary/aromatic N) is 4. The highest BCUT2D eigenvalue weighted by atomic mass is 35.5. The van der Waals surface area contributed by atoms with Crippen molar-refractivity contribution in [3.8, 4) is 22.7 Å². The minimum absolute atomic E-state index is 0.724. The molecular weight excluding hydrogens is 384 g/mol. The van der Waals surface area contributed by atoms with Crippen molar-refractivity contribution in [3.05, 3.63) is 89.2 Å². The van der Waals surface area contributed by atoms with Crippen molar-refractivity contribution >= 4 is 11.6 Å². The average Bonchev–Trinajstić information content (AvgIpc) is 3.23. The molecule has 0 saturated heterocycles. The van der Waals surface area contributed by atoms with Gasteiger partial charge in [-0.05, 0) is 48.5 Å². The molecule has 144 valence electrons. The average molecular weight is 403 g/mol.